The van der Waals surface area contributed by atoms with E-state index >= 15 is 0 Å². The van der Waals surface area contributed by atoms with E-state index in [1.165, 1.54) is 12.3 Å². The van der Waals surface area contributed by atoms with Gasteiger partial charge in [0.05, 0.1) is 12.6 Å². The number of nitrogen functional groups attached to an aromatic ring is 1. The van der Waals surface area contributed by atoms with Crippen molar-refractivity contribution in [2.24, 2.45) is 0 Å². The zero-order chi connectivity index (χ0) is 23.6. The van der Waals surface area contributed by atoms with E-state index in [0.717, 1.165) is 28.8 Å². The summed E-state index contributed by atoms with van der Waals surface area (Å²) in [6, 6.07) is 5.50. The van der Waals surface area contributed by atoms with E-state index in [1.54, 1.807) is 4.72 Å². The van der Waals surface area contributed by atoms with Gasteiger partial charge in [0.2, 0.25) is 0 Å². The Labute approximate surface area is 208 Å². The number of aromatic nitrogens is 2. The Morgan fingerprint density at radius 2 is 1.79 bits per heavy atom. The molecule has 172 valence electrons. The van der Waals surface area contributed by atoms with Crippen LogP contribution in [-0.4, -0.2) is 65.0 Å². The number of amides is 1. The minimum atomic E-state index is -4.68. The maximum atomic E-state index is 12.0. The van der Waals surface area contributed by atoms with Gasteiger partial charge in [-0.3, -0.25) is 13.5 Å². The first kappa shape index (κ1) is 26.9. The normalized spacial score (nSPS) is 22.4. The van der Waals surface area contributed by atoms with Crippen LogP contribution in [0.15, 0.2) is 41.3 Å². The molecule has 1 aliphatic rings. The molecule has 1 aliphatic heterocycles. The fourth-order valence-electron chi connectivity index (χ4n) is 2.83. The number of aliphatic hydroxyl groups is 2. The minimum Gasteiger partial charge on any atom is -0.545 e. The van der Waals surface area contributed by atoms with Crippen LogP contribution in [0.1, 0.15) is 26.9 Å². The van der Waals surface area contributed by atoms with Crippen LogP contribution in [0.25, 0.3) is 0 Å². The minimum absolute atomic E-state index is 0. The number of aromatic carboxylic acids is 1. The number of hydrogen-bond donors (Lipinski definition) is 4. The molecule has 1 fully saturated rings. The number of anilines is 1. The second kappa shape index (κ2) is 10.7. The Kier molecular flexibility index (Phi) is 8.72. The van der Waals surface area contributed by atoms with E-state index in [-0.39, 0.29) is 46.5 Å². The molecule has 0 bridgehead atoms. The predicted octanol–water partition coefficient (Wildman–Crippen LogP) is -6.50. The van der Waals surface area contributed by atoms with Gasteiger partial charge < -0.3 is 30.6 Å². The van der Waals surface area contributed by atoms with Gasteiger partial charge in [0.15, 0.2) is 6.23 Å². The van der Waals surface area contributed by atoms with Crippen molar-refractivity contribution >= 4 is 28.0 Å². The predicted molar refractivity (Wildman–Crippen MR) is 102 cm³/mol. The number of hydrogen-bond acceptors (Lipinski definition) is 12. The molecule has 1 aromatic heterocycles. The molecule has 16 heteroatoms. The monoisotopic (exact) mass is 492 g/mol. The molecule has 33 heavy (non-hydrogen) atoms. The third-order valence-corrected chi connectivity index (χ3v) is 5.33. The first-order valence-electron chi connectivity index (χ1n) is 8.87. The third-order valence-electron chi connectivity index (χ3n) is 4.45. The molecule has 5 N–H and O–H groups in total. The van der Waals surface area contributed by atoms with Gasteiger partial charge in [-0.2, -0.15) is 13.4 Å². The number of nitrogens with one attached hydrogen (secondary N) is 1. The maximum Gasteiger partial charge on any atom is 1.00 e. The average molecular weight is 492 g/mol. The van der Waals surface area contributed by atoms with Crippen LogP contribution in [0, 0.1) is 0 Å². The Balaban J connectivity index is 0.00000385. The first-order valence-corrected chi connectivity index (χ1v) is 10.3. The van der Waals surface area contributed by atoms with Gasteiger partial charge in [-0.15, -0.1) is 0 Å². The number of nitrogens with two attached hydrogens (primary N) is 1. The standard InChI is InChI=1S/C17H18N4O10S.Na/c18-11-5-6-21(17(27)19-11)15-13(23)12(22)10(31-15)7-30-32(28,29)20-14(24)8-1-3-9(4-2-8)16(25)26;/h1-6,10,12-13,15,22-23H,7H2,(H,20,24)(H,25,26)(H2,18,19,27);/q;+1/p-1/t10-,12-,13-,15-;/m1./s1. The number of carbonyl (C=O) groups is 2. The van der Waals surface area contributed by atoms with Crippen molar-refractivity contribution < 1.29 is 71.8 Å². The fraction of sp³-hybridized carbons (Fsp3) is 0.294. The summed E-state index contributed by atoms with van der Waals surface area (Å²) in [5.41, 5.74) is 4.13. The molecular weight excluding hydrogens is 475 g/mol. The summed E-state index contributed by atoms with van der Waals surface area (Å²) in [5.74, 6) is -2.66. The van der Waals surface area contributed by atoms with Gasteiger partial charge in [0.25, 0.3) is 5.91 Å². The Bertz CT molecular complexity index is 1190. The maximum absolute atomic E-state index is 12.0. The van der Waals surface area contributed by atoms with Gasteiger partial charge >= 0.3 is 45.6 Å². The molecule has 1 aromatic carbocycles. The average Bonchev–Trinajstić information content (AvgIpc) is 3.00. The Morgan fingerprint density at radius 1 is 1.18 bits per heavy atom. The number of ether oxygens (including phenoxy) is 1. The van der Waals surface area contributed by atoms with Crippen LogP contribution in [0.2, 0.25) is 0 Å². The third kappa shape index (κ3) is 6.36. The molecule has 0 saturated carbocycles. The van der Waals surface area contributed by atoms with Crippen molar-refractivity contribution in [3.05, 3.63) is 58.1 Å². The Morgan fingerprint density at radius 3 is 2.36 bits per heavy atom. The molecule has 0 radical (unpaired) electrons. The number of carbonyl (C=O) groups excluding carboxylic acids is 2. The van der Waals surface area contributed by atoms with E-state index in [2.05, 4.69) is 9.17 Å². The quantitative estimate of drug-likeness (QED) is 0.265. The zero-order valence-corrected chi connectivity index (χ0v) is 19.8. The smallest absolute Gasteiger partial charge is 0.545 e. The summed E-state index contributed by atoms with van der Waals surface area (Å²) in [6.07, 6.45) is -4.84. The summed E-state index contributed by atoms with van der Waals surface area (Å²) in [5, 5.41) is 31.0. The summed E-state index contributed by atoms with van der Waals surface area (Å²) in [4.78, 5) is 38.1. The van der Waals surface area contributed by atoms with E-state index in [9.17, 15) is 38.1 Å². The SMILES string of the molecule is Nc1ccn([C@@H]2O[C@H](COS(=O)(=O)NC(=O)c3ccc(C(=O)[O-])cc3)[C@@H](O)[C@H]2O)c(=O)n1.[Na+]. The van der Waals surface area contributed by atoms with Crippen molar-refractivity contribution in [1.29, 1.82) is 0 Å². The molecular formula is C17H17N4NaO10S. The molecule has 0 aliphatic carbocycles. The van der Waals surface area contributed by atoms with Crippen LogP contribution in [0.4, 0.5) is 5.82 Å². The van der Waals surface area contributed by atoms with E-state index in [1.807, 2.05) is 0 Å². The van der Waals surface area contributed by atoms with Gasteiger partial charge in [-0.05, 0) is 23.8 Å². The van der Waals surface area contributed by atoms with Crippen LogP contribution >= 0.6 is 0 Å². The van der Waals surface area contributed by atoms with Gasteiger partial charge in [0, 0.05) is 11.8 Å². The molecule has 3 rings (SSSR count). The summed E-state index contributed by atoms with van der Waals surface area (Å²) >= 11 is 0. The number of carboxylic acids is 1. The van der Waals surface area contributed by atoms with Crippen LogP contribution in [0.3, 0.4) is 0 Å². The second-order valence-electron chi connectivity index (χ2n) is 6.62. The van der Waals surface area contributed by atoms with E-state index in [4.69, 9.17) is 10.5 Å². The fourth-order valence-corrected chi connectivity index (χ4v) is 3.55. The first-order chi connectivity index (χ1) is 15.0. The topological polar surface area (TPSA) is 223 Å². The van der Waals surface area contributed by atoms with Crippen LogP contribution in [-0.2, 0) is 19.2 Å². The molecule has 2 heterocycles. The number of aliphatic hydroxyl groups excluding tert-OH is 2. The van der Waals surface area contributed by atoms with Crippen molar-refractivity contribution in [2.75, 3.05) is 12.3 Å². The molecule has 0 spiro atoms. The van der Waals surface area contributed by atoms with Crippen LogP contribution in [0.5, 0.6) is 0 Å². The van der Waals surface area contributed by atoms with E-state index in [0.29, 0.717) is 0 Å². The molecule has 1 amide bonds. The summed E-state index contributed by atoms with van der Waals surface area (Å²) < 4.78 is 36.5. The summed E-state index contributed by atoms with van der Waals surface area (Å²) in [6.45, 7) is -0.807. The van der Waals surface area contributed by atoms with Crippen molar-refractivity contribution in [2.45, 2.75) is 24.5 Å². The number of rotatable bonds is 7. The van der Waals surface area contributed by atoms with Crippen molar-refractivity contribution in [1.82, 2.24) is 14.3 Å². The number of carboxylic acid groups (broad SMARTS) is 1. The van der Waals surface area contributed by atoms with Crippen molar-refractivity contribution in [3.8, 4) is 0 Å². The summed E-state index contributed by atoms with van der Waals surface area (Å²) in [7, 11) is -4.68. The van der Waals surface area contributed by atoms with Crippen LogP contribution < -0.4 is 50.8 Å². The number of benzene rings is 1. The van der Waals surface area contributed by atoms with E-state index < -0.39 is 59.0 Å². The Hall–Kier alpha value is -2.37. The zero-order valence-electron chi connectivity index (χ0n) is 17.0. The van der Waals surface area contributed by atoms with Gasteiger partial charge in [-0.25, -0.2) is 9.52 Å². The molecule has 2 aromatic rings. The molecule has 4 atom stereocenters. The number of nitrogens with zero attached hydrogens (tertiary/aromatic N) is 2. The molecule has 14 nitrogen and oxygen atoms in total. The van der Waals surface area contributed by atoms with Crippen molar-refractivity contribution in [3.63, 3.8) is 0 Å². The molecule has 1 saturated heterocycles. The van der Waals surface area contributed by atoms with Gasteiger partial charge in [0.1, 0.15) is 24.1 Å². The second-order valence-corrected chi connectivity index (χ2v) is 7.97. The largest absolute Gasteiger partial charge is 1.00 e. The van der Waals surface area contributed by atoms with Gasteiger partial charge in [-0.1, -0.05) is 12.1 Å². The molecule has 0 unspecified atom stereocenters.